The standard InChI is InChI=1S/C30H32FN/c1-19(2)9-16-25-26(21-12-14-23(31)15-13-21)27-29(32-28(25)22-10-11-22)24-8-6-5-7-20(24)17-18-30(27,3)4/h5-9,12-16,19,22H,10-11,17-18H2,1-4H3/b16-9+. The van der Waals surface area contributed by atoms with Crippen molar-refractivity contribution in [1.29, 1.82) is 0 Å². The molecule has 1 heterocycles. The molecule has 1 aromatic heterocycles. The van der Waals surface area contributed by atoms with Crippen molar-refractivity contribution in [3.8, 4) is 22.4 Å². The Kier molecular flexibility index (Phi) is 5.28. The molecule has 1 fully saturated rings. The fourth-order valence-electron chi connectivity index (χ4n) is 5.05. The minimum absolute atomic E-state index is 0.0480. The number of hydrogen-bond donors (Lipinski definition) is 0. The van der Waals surface area contributed by atoms with E-state index in [4.69, 9.17) is 4.98 Å². The Balaban J connectivity index is 1.91. The van der Waals surface area contributed by atoms with Crippen molar-refractivity contribution in [3.05, 3.63) is 82.8 Å². The highest BCUT2D eigenvalue weighted by atomic mass is 19.1. The molecule has 0 unspecified atom stereocenters. The van der Waals surface area contributed by atoms with Gasteiger partial charge in [-0.3, -0.25) is 4.98 Å². The van der Waals surface area contributed by atoms with Gasteiger partial charge in [0, 0.05) is 17.0 Å². The van der Waals surface area contributed by atoms with E-state index in [0.29, 0.717) is 11.8 Å². The zero-order valence-electron chi connectivity index (χ0n) is 19.6. The van der Waals surface area contributed by atoms with Gasteiger partial charge in [-0.05, 0) is 71.4 Å². The molecule has 2 aliphatic carbocycles. The number of aryl methyl sites for hydroxylation is 1. The normalized spacial score (nSPS) is 17.3. The Labute approximate surface area is 191 Å². The van der Waals surface area contributed by atoms with Crippen molar-refractivity contribution < 1.29 is 4.39 Å². The largest absolute Gasteiger partial charge is 0.252 e. The van der Waals surface area contributed by atoms with Gasteiger partial charge in [0.1, 0.15) is 5.82 Å². The van der Waals surface area contributed by atoms with Crippen LogP contribution in [-0.4, -0.2) is 4.98 Å². The summed E-state index contributed by atoms with van der Waals surface area (Å²) in [5.41, 5.74) is 9.81. The summed E-state index contributed by atoms with van der Waals surface area (Å²) in [7, 11) is 0. The van der Waals surface area contributed by atoms with Crippen LogP contribution in [0.1, 0.15) is 75.3 Å². The van der Waals surface area contributed by atoms with Gasteiger partial charge in [0.25, 0.3) is 0 Å². The smallest absolute Gasteiger partial charge is 0.123 e. The highest BCUT2D eigenvalue weighted by Gasteiger charge is 2.37. The topological polar surface area (TPSA) is 12.9 Å². The van der Waals surface area contributed by atoms with E-state index in [0.717, 1.165) is 24.1 Å². The summed E-state index contributed by atoms with van der Waals surface area (Å²) in [6, 6.07) is 15.8. The van der Waals surface area contributed by atoms with Crippen LogP contribution in [-0.2, 0) is 11.8 Å². The summed E-state index contributed by atoms with van der Waals surface area (Å²) >= 11 is 0. The molecule has 1 saturated carbocycles. The first-order chi connectivity index (χ1) is 15.3. The molecule has 164 valence electrons. The molecule has 0 aliphatic heterocycles. The molecule has 5 rings (SSSR count). The lowest BCUT2D eigenvalue weighted by Crippen LogP contribution is -2.21. The van der Waals surface area contributed by atoms with Crippen molar-refractivity contribution in [3.63, 3.8) is 0 Å². The monoisotopic (exact) mass is 425 g/mol. The van der Waals surface area contributed by atoms with Gasteiger partial charge in [-0.1, -0.05) is 76.2 Å². The lowest BCUT2D eigenvalue weighted by atomic mass is 9.75. The molecule has 0 spiro atoms. The van der Waals surface area contributed by atoms with Crippen molar-refractivity contribution in [2.24, 2.45) is 5.92 Å². The van der Waals surface area contributed by atoms with Crippen LogP contribution >= 0.6 is 0 Å². The molecule has 0 N–H and O–H groups in total. The highest BCUT2D eigenvalue weighted by molar-refractivity contribution is 5.87. The van der Waals surface area contributed by atoms with E-state index in [9.17, 15) is 4.39 Å². The van der Waals surface area contributed by atoms with Gasteiger partial charge >= 0.3 is 0 Å². The van der Waals surface area contributed by atoms with E-state index in [2.05, 4.69) is 64.1 Å². The summed E-state index contributed by atoms with van der Waals surface area (Å²) in [6.07, 6.45) is 9.06. The molecule has 0 saturated heterocycles. The first kappa shape index (κ1) is 21.1. The van der Waals surface area contributed by atoms with Gasteiger partial charge in [0.2, 0.25) is 0 Å². The van der Waals surface area contributed by atoms with Crippen LogP contribution in [0.3, 0.4) is 0 Å². The molecular formula is C30H32FN. The van der Waals surface area contributed by atoms with Gasteiger partial charge < -0.3 is 0 Å². The number of aromatic nitrogens is 1. The van der Waals surface area contributed by atoms with Gasteiger partial charge in [-0.25, -0.2) is 4.39 Å². The molecule has 32 heavy (non-hydrogen) atoms. The minimum Gasteiger partial charge on any atom is -0.252 e. The Morgan fingerprint density at radius 2 is 1.75 bits per heavy atom. The Morgan fingerprint density at radius 3 is 2.44 bits per heavy atom. The van der Waals surface area contributed by atoms with Crippen LogP contribution in [0.5, 0.6) is 0 Å². The quantitative estimate of drug-likeness (QED) is 0.409. The molecule has 2 aromatic carbocycles. The SMILES string of the molecule is CC(C)/C=C/c1c(C2CC2)nc2c(c1-c1ccc(F)cc1)C(C)(C)CCc1ccccc1-2. The van der Waals surface area contributed by atoms with Crippen LogP contribution in [0, 0.1) is 11.7 Å². The van der Waals surface area contributed by atoms with Crippen molar-refractivity contribution in [1.82, 2.24) is 4.98 Å². The number of benzene rings is 2. The molecule has 1 nitrogen and oxygen atoms in total. The summed E-state index contributed by atoms with van der Waals surface area (Å²) in [5, 5.41) is 0. The van der Waals surface area contributed by atoms with E-state index in [1.165, 1.54) is 46.4 Å². The second-order valence-electron chi connectivity index (χ2n) is 10.4. The fraction of sp³-hybridized carbons (Fsp3) is 0.367. The Hall–Kier alpha value is -2.74. The number of allylic oxidation sites excluding steroid dienone is 1. The second-order valence-corrected chi connectivity index (χ2v) is 10.4. The van der Waals surface area contributed by atoms with Gasteiger partial charge in [0.15, 0.2) is 0 Å². The Morgan fingerprint density at radius 1 is 1.03 bits per heavy atom. The molecule has 0 atom stereocenters. The van der Waals surface area contributed by atoms with Gasteiger partial charge in [-0.15, -0.1) is 0 Å². The summed E-state index contributed by atoms with van der Waals surface area (Å²) in [6.45, 7) is 9.11. The fourth-order valence-corrected chi connectivity index (χ4v) is 5.05. The molecule has 2 heteroatoms. The van der Waals surface area contributed by atoms with Crippen molar-refractivity contribution >= 4 is 6.08 Å². The molecule has 0 bridgehead atoms. The first-order valence-corrected chi connectivity index (χ1v) is 12.0. The van der Waals surface area contributed by atoms with Crippen LogP contribution < -0.4 is 0 Å². The maximum absolute atomic E-state index is 13.9. The summed E-state index contributed by atoms with van der Waals surface area (Å²) in [5.74, 6) is 0.778. The minimum atomic E-state index is -0.194. The van der Waals surface area contributed by atoms with E-state index in [1.54, 1.807) is 12.1 Å². The number of halogens is 1. The maximum Gasteiger partial charge on any atom is 0.123 e. The zero-order chi connectivity index (χ0) is 22.5. The van der Waals surface area contributed by atoms with Crippen molar-refractivity contribution in [2.45, 2.75) is 64.7 Å². The van der Waals surface area contributed by atoms with E-state index >= 15 is 0 Å². The van der Waals surface area contributed by atoms with Crippen LogP contribution in [0.4, 0.5) is 4.39 Å². The molecule has 3 aromatic rings. The number of rotatable bonds is 4. The number of fused-ring (bicyclic) bond motifs is 3. The van der Waals surface area contributed by atoms with Gasteiger partial charge in [-0.2, -0.15) is 0 Å². The average Bonchev–Trinajstić information content (AvgIpc) is 3.61. The first-order valence-electron chi connectivity index (χ1n) is 12.0. The van der Waals surface area contributed by atoms with E-state index in [1.807, 2.05) is 12.1 Å². The molecule has 2 aliphatic rings. The van der Waals surface area contributed by atoms with Crippen LogP contribution in [0.25, 0.3) is 28.5 Å². The molecule has 0 amide bonds. The van der Waals surface area contributed by atoms with E-state index < -0.39 is 0 Å². The third kappa shape index (κ3) is 3.81. The maximum atomic E-state index is 13.9. The lowest BCUT2D eigenvalue weighted by Gasteiger charge is -2.30. The third-order valence-corrected chi connectivity index (χ3v) is 6.98. The summed E-state index contributed by atoms with van der Waals surface area (Å²) < 4.78 is 13.9. The molecule has 0 radical (unpaired) electrons. The van der Waals surface area contributed by atoms with Gasteiger partial charge in [0.05, 0.1) is 11.4 Å². The second kappa shape index (κ2) is 7.99. The predicted octanol–water partition coefficient (Wildman–Crippen LogP) is 8.33. The third-order valence-electron chi connectivity index (χ3n) is 6.98. The van der Waals surface area contributed by atoms with E-state index in [-0.39, 0.29) is 11.2 Å². The number of pyridine rings is 1. The lowest BCUT2D eigenvalue weighted by molar-refractivity contribution is 0.485. The average molecular weight is 426 g/mol. The number of hydrogen-bond acceptors (Lipinski definition) is 1. The summed E-state index contributed by atoms with van der Waals surface area (Å²) in [4.78, 5) is 5.43. The van der Waals surface area contributed by atoms with Crippen LogP contribution in [0.15, 0.2) is 54.6 Å². The Bertz CT molecular complexity index is 1180. The van der Waals surface area contributed by atoms with Crippen LogP contribution in [0.2, 0.25) is 0 Å². The highest BCUT2D eigenvalue weighted by Crippen LogP contribution is 2.51. The zero-order valence-corrected chi connectivity index (χ0v) is 19.6. The number of nitrogens with zero attached hydrogens (tertiary/aromatic N) is 1. The van der Waals surface area contributed by atoms with Crippen molar-refractivity contribution in [2.75, 3.05) is 0 Å². The predicted molar refractivity (Wildman–Crippen MR) is 132 cm³/mol. The molecular weight excluding hydrogens is 393 g/mol.